The van der Waals surface area contributed by atoms with Crippen molar-refractivity contribution >= 4 is 28.5 Å². The van der Waals surface area contributed by atoms with Crippen LogP contribution in [-0.4, -0.2) is 67.7 Å². The van der Waals surface area contributed by atoms with Crippen LogP contribution in [0.1, 0.15) is 26.4 Å². The number of carbonyl (C=O) groups is 2. The number of carbonyl (C=O) groups excluding carboxylic acids is 2. The lowest BCUT2D eigenvalue weighted by atomic mass is 10.1. The number of hydrogen-bond acceptors (Lipinski definition) is 8. The number of benzene rings is 3. The predicted octanol–water partition coefficient (Wildman–Crippen LogP) is 4.89. The summed E-state index contributed by atoms with van der Waals surface area (Å²) in [6.07, 6.45) is 4.38. The molecule has 1 saturated heterocycles. The van der Waals surface area contributed by atoms with E-state index in [0.29, 0.717) is 59.9 Å². The summed E-state index contributed by atoms with van der Waals surface area (Å²) in [5.41, 5.74) is 2.29. The Morgan fingerprint density at radius 3 is 2.50 bits per heavy atom. The highest BCUT2D eigenvalue weighted by atomic mass is 19.1. The first-order valence-electron chi connectivity index (χ1n) is 15.1. The highest BCUT2D eigenvalue weighted by Crippen LogP contribution is 2.36. The van der Waals surface area contributed by atoms with Crippen LogP contribution in [0.15, 0.2) is 102 Å². The molecule has 7 rings (SSSR count). The second-order valence-electron chi connectivity index (χ2n) is 11.0. The smallest absolute Gasteiger partial charge is 0.282 e. The Kier molecular flexibility index (Phi) is 8.41. The molecule has 48 heavy (non-hydrogen) atoms. The number of aromatic nitrogens is 5. The quantitative estimate of drug-likeness (QED) is 0.238. The minimum Gasteiger partial charge on any atom is -0.453 e. The minimum atomic E-state index is -0.771. The van der Waals surface area contributed by atoms with Crippen LogP contribution in [0.5, 0.6) is 11.5 Å². The normalized spacial score (nSPS) is 13.0. The summed E-state index contributed by atoms with van der Waals surface area (Å²) in [4.78, 5) is 48.9. The van der Waals surface area contributed by atoms with Crippen molar-refractivity contribution in [1.29, 1.82) is 0 Å². The summed E-state index contributed by atoms with van der Waals surface area (Å²) < 4.78 is 28.1. The van der Waals surface area contributed by atoms with E-state index in [9.17, 15) is 14.4 Å². The van der Waals surface area contributed by atoms with E-state index < -0.39 is 17.3 Å². The minimum absolute atomic E-state index is 0.0715. The van der Waals surface area contributed by atoms with Gasteiger partial charge in [0.15, 0.2) is 22.9 Å². The Bertz CT molecular complexity index is 2180. The number of aromatic amines is 1. The molecule has 240 valence electrons. The van der Waals surface area contributed by atoms with E-state index in [2.05, 4.69) is 25.5 Å². The topological polar surface area (TPSA) is 144 Å². The Balaban J connectivity index is 1.08. The molecule has 4 heterocycles. The van der Waals surface area contributed by atoms with Crippen LogP contribution in [0.25, 0.3) is 22.3 Å². The number of fused-ring (bicyclic) bond motifs is 1. The van der Waals surface area contributed by atoms with Gasteiger partial charge in [0.2, 0.25) is 0 Å². The molecule has 0 radical (unpaired) electrons. The Hall–Kier alpha value is -6.21. The van der Waals surface area contributed by atoms with Crippen LogP contribution in [0, 0.1) is 5.82 Å². The molecule has 0 atom stereocenters. The zero-order valence-corrected chi connectivity index (χ0v) is 25.4. The maximum absolute atomic E-state index is 15.4. The molecule has 0 aliphatic carbocycles. The number of rotatable bonds is 8. The number of ether oxygens (including phenoxy) is 2. The second kappa shape index (κ2) is 13.3. The second-order valence-corrected chi connectivity index (χ2v) is 11.0. The third kappa shape index (κ3) is 6.26. The summed E-state index contributed by atoms with van der Waals surface area (Å²) >= 11 is 0. The third-order valence-electron chi connectivity index (χ3n) is 7.86. The fourth-order valence-electron chi connectivity index (χ4n) is 5.41. The van der Waals surface area contributed by atoms with E-state index in [0.717, 1.165) is 11.6 Å². The van der Waals surface area contributed by atoms with Gasteiger partial charge in [-0.2, -0.15) is 5.10 Å². The lowest BCUT2D eigenvalue weighted by Gasteiger charge is -2.26. The first-order chi connectivity index (χ1) is 23.4. The lowest BCUT2D eigenvalue weighted by molar-refractivity contribution is 0.0303. The first-order valence-corrected chi connectivity index (χ1v) is 15.1. The number of pyridine rings is 1. The molecular weight excluding hydrogens is 617 g/mol. The molecular formula is C35H28FN7O5. The zero-order valence-electron chi connectivity index (χ0n) is 25.4. The van der Waals surface area contributed by atoms with Crippen molar-refractivity contribution in [2.75, 3.05) is 31.6 Å². The number of nitrogens with zero attached hydrogens (tertiary/aromatic N) is 5. The fourth-order valence-corrected chi connectivity index (χ4v) is 5.41. The highest BCUT2D eigenvalue weighted by molar-refractivity contribution is 6.02. The van der Waals surface area contributed by atoms with E-state index in [4.69, 9.17) is 9.47 Å². The summed E-state index contributed by atoms with van der Waals surface area (Å²) in [5, 5.41) is 10.4. The van der Waals surface area contributed by atoms with Gasteiger partial charge in [-0.15, -0.1) is 0 Å². The van der Waals surface area contributed by atoms with Crippen LogP contribution >= 0.6 is 0 Å². The maximum atomic E-state index is 15.4. The lowest BCUT2D eigenvalue weighted by Crippen LogP contribution is -2.40. The molecule has 0 bridgehead atoms. The van der Waals surface area contributed by atoms with Crippen molar-refractivity contribution in [3.05, 3.63) is 130 Å². The van der Waals surface area contributed by atoms with E-state index in [1.165, 1.54) is 35.3 Å². The van der Waals surface area contributed by atoms with Gasteiger partial charge in [-0.1, -0.05) is 42.5 Å². The van der Waals surface area contributed by atoms with Crippen molar-refractivity contribution in [2.45, 2.75) is 6.54 Å². The van der Waals surface area contributed by atoms with Gasteiger partial charge in [-0.3, -0.25) is 19.5 Å². The average Bonchev–Trinajstić information content (AvgIpc) is 3.56. The van der Waals surface area contributed by atoms with Gasteiger partial charge in [0.05, 0.1) is 25.1 Å². The Morgan fingerprint density at radius 2 is 1.73 bits per heavy atom. The average molecular weight is 646 g/mol. The predicted molar refractivity (Wildman–Crippen MR) is 175 cm³/mol. The number of amides is 2. The number of morpholine rings is 1. The molecule has 2 N–H and O–H groups in total. The molecule has 3 aromatic carbocycles. The van der Waals surface area contributed by atoms with Crippen LogP contribution in [-0.2, 0) is 11.3 Å². The summed E-state index contributed by atoms with van der Waals surface area (Å²) in [7, 11) is 0. The van der Waals surface area contributed by atoms with Crippen molar-refractivity contribution < 1.29 is 23.5 Å². The molecule has 1 aliphatic heterocycles. The number of anilines is 1. The monoisotopic (exact) mass is 645 g/mol. The highest BCUT2D eigenvalue weighted by Gasteiger charge is 2.21. The standard InChI is InChI=1S/C35H28FN7O5/c36-26-20-25(39-33(44)31-35(46)43(15-14-37-31)21-22-4-2-1-3-5-22)10-11-27(26)48-28-12-13-38-32-29(28)30(40-41-32)23-6-8-24(9-7-23)34(45)42-16-18-47-19-17-42/h1-15,20H,16-19,21H2,(H,39,44)(H,38,40,41). The maximum Gasteiger partial charge on any atom is 0.282 e. The first kappa shape index (κ1) is 30.4. The summed E-state index contributed by atoms with van der Waals surface area (Å²) in [5.74, 6) is -1.41. The molecule has 2 amide bonds. The van der Waals surface area contributed by atoms with E-state index in [1.807, 2.05) is 30.3 Å². The van der Waals surface area contributed by atoms with Gasteiger partial charge >= 0.3 is 0 Å². The Labute approximate surface area is 272 Å². The molecule has 0 unspecified atom stereocenters. The molecule has 12 nitrogen and oxygen atoms in total. The molecule has 1 fully saturated rings. The number of halogens is 1. The molecule has 6 aromatic rings. The number of nitrogens with one attached hydrogen (secondary N) is 2. The SMILES string of the molecule is O=C(Nc1ccc(Oc2ccnc3[nH]nc(-c4ccc(C(=O)N5CCOCC5)cc4)c23)c(F)c1)c1nccn(Cc2ccccc2)c1=O. The van der Waals surface area contributed by atoms with Gasteiger partial charge in [-0.25, -0.2) is 14.4 Å². The van der Waals surface area contributed by atoms with E-state index in [-0.39, 0.29) is 29.6 Å². The van der Waals surface area contributed by atoms with Crippen molar-refractivity contribution in [3.8, 4) is 22.8 Å². The van der Waals surface area contributed by atoms with Crippen molar-refractivity contribution in [1.82, 2.24) is 29.6 Å². The molecule has 3 aromatic heterocycles. The van der Waals surface area contributed by atoms with Crippen molar-refractivity contribution in [3.63, 3.8) is 0 Å². The van der Waals surface area contributed by atoms with Crippen LogP contribution < -0.4 is 15.6 Å². The van der Waals surface area contributed by atoms with Crippen molar-refractivity contribution in [2.24, 2.45) is 0 Å². The molecule has 13 heteroatoms. The molecule has 0 saturated carbocycles. The molecule has 1 aliphatic rings. The third-order valence-corrected chi connectivity index (χ3v) is 7.86. The zero-order chi connectivity index (χ0) is 33.0. The largest absolute Gasteiger partial charge is 0.453 e. The number of hydrogen-bond donors (Lipinski definition) is 2. The van der Waals surface area contributed by atoms with Crippen LogP contribution in [0.4, 0.5) is 10.1 Å². The summed E-state index contributed by atoms with van der Waals surface area (Å²) in [6, 6.07) is 21.9. The fraction of sp³-hybridized carbons (Fsp3) is 0.143. The van der Waals surface area contributed by atoms with E-state index >= 15 is 4.39 Å². The van der Waals surface area contributed by atoms with Gasteiger partial charge in [0, 0.05) is 54.6 Å². The van der Waals surface area contributed by atoms with Gasteiger partial charge in [0.1, 0.15) is 11.4 Å². The molecule has 0 spiro atoms. The number of H-pyrrole nitrogens is 1. The van der Waals surface area contributed by atoms with Gasteiger partial charge in [-0.05, 0) is 35.9 Å². The van der Waals surface area contributed by atoms with Crippen LogP contribution in [0.3, 0.4) is 0 Å². The van der Waals surface area contributed by atoms with E-state index in [1.54, 1.807) is 35.2 Å². The Morgan fingerprint density at radius 1 is 0.938 bits per heavy atom. The van der Waals surface area contributed by atoms with Crippen LogP contribution in [0.2, 0.25) is 0 Å². The van der Waals surface area contributed by atoms with Gasteiger partial charge < -0.3 is 24.3 Å². The van der Waals surface area contributed by atoms with Gasteiger partial charge in [0.25, 0.3) is 17.4 Å². The summed E-state index contributed by atoms with van der Waals surface area (Å²) in [6.45, 7) is 2.38.